The number of carbonyl (C=O) groups excluding carboxylic acids is 2. The number of anilines is 2. The number of ether oxygens (including phenoxy) is 1. The number of nitrogens with zero attached hydrogens (tertiary/aromatic N) is 1. The molecule has 1 aromatic carbocycles. The maximum absolute atomic E-state index is 13.4. The van der Waals surface area contributed by atoms with Crippen molar-refractivity contribution < 1.29 is 22.7 Å². The number of benzene rings is 1. The van der Waals surface area contributed by atoms with Gasteiger partial charge in [-0.05, 0) is 36.1 Å². The van der Waals surface area contributed by atoms with Crippen LogP contribution in [0.4, 0.5) is 11.4 Å². The monoisotopic (exact) mass is 414 g/mol. The summed E-state index contributed by atoms with van der Waals surface area (Å²) in [5.74, 6) is -1.19. The molecule has 26 heavy (non-hydrogen) atoms. The van der Waals surface area contributed by atoms with E-state index in [1.807, 2.05) is 0 Å². The van der Waals surface area contributed by atoms with Crippen molar-refractivity contribution in [2.45, 2.75) is 24.3 Å². The summed E-state index contributed by atoms with van der Waals surface area (Å²) in [6.45, 7) is 1.71. The van der Waals surface area contributed by atoms with Gasteiger partial charge in [0.15, 0.2) is 0 Å². The van der Waals surface area contributed by atoms with Crippen LogP contribution in [0.15, 0.2) is 34.5 Å². The molecule has 0 bridgehead atoms. The van der Waals surface area contributed by atoms with E-state index in [2.05, 4.69) is 10.1 Å². The van der Waals surface area contributed by atoms with E-state index < -0.39 is 27.9 Å². The second kappa shape index (κ2) is 6.90. The van der Waals surface area contributed by atoms with Gasteiger partial charge in [-0.3, -0.25) is 9.10 Å². The van der Waals surface area contributed by atoms with Gasteiger partial charge in [-0.25, -0.2) is 13.2 Å². The van der Waals surface area contributed by atoms with Crippen LogP contribution in [0.3, 0.4) is 0 Å². The maximum Gasteiger partial charge on any atom is 0.349 e. The van der Waals surface area contributed by atoms with Gasteiger partial charge in [0.05, 0.1) is 18.5 Å². The Morgan fingerprint density at radius 2 is 2.12 bits per heavy atom. The van der Waals surface area contributed by atoms with Crippen molar-refractivity contribution in [2.75, 3.05) is 16.7 Å². The molecule has 1 aliphatic rings. The number of esters is 1. The van der Waals surface area contributed by atoms with Crippen molar-refractivity contribution in [3.05, 3.63) is 39.5 Å². The molecule has 0 radical (unpaired) electrons. The number of fused-ring (bicyclic) bond motifs is 1. The van der Waals surface area contributed by atoms with Crippen molar-refractivity contribution in [1.29, 1.82) is 0 Å². The lowest BCUT2D eigenvalue weighted by Crippen LogP contribution is -2.50. The minimum absolute atomic E-state index is 0.0445. The molecule has 10 heteroatoms. The van der Waals surface area contributed by atoms with Crippen LogP contribution in [0.5, 0.6) is 0 Å². The summed E-state index contributed by atoms with van der Waals surface area (Å²) >= 11 is 7.00. The molecule has 2 heterocycles. The highest BCUT2D eigenvalue weighted by Crippen LogP contribution is 2.40. The summed E-state index contributed by atoms with van der Waals surface area (Å²) in [5, 5.41) is 4.51. The maximum atomic E-state index is 13.4. The molecule has 3 rings (SSSR count). The fraction of sp³-hybridized carbons (Fsp3) is 0.250. The van der Waals surface area contributed by atoms with Crippen LogP contribution < -0.4 is 9.62 Å². The van der Waals surface area contributed by atoms with Crippen molar-refractivity contribution in [3.63, 3.8) is 0 Å². The van der Waals surface area contributed by atoms with Crippen LogP contribution >= 0.6 is 22.9 Å². The van der Waals surface area contributed by atoms with Crippen LogP contribution in [0.25, 0.3) is 0 Å². The molecule has 0 saturated heterocycles. The fourth-order valence-corrected chi connectivity index (χ4v) is 5.96. The largest absolute Gasteiger partial charge is 0.465 e. The number of amides is 1. The first-order chi connectivity index (χ1) is 12.3. The van der Waals surface area contributed by atoms with Crippen molar-refractivity contribution in [2.24, 2.45) is 0 Å². The van der Waals surface area contributed by atoms with E-state index in [0.717, 1.165) is 15.6 Å². The topological polar surface area (TPSA) is 92.8 Å². The first-order valence-corrected chi connectivity index (χ1v) is 10.3. The van der Waals surface area contributed by atoms with E-state index in [-0.39, 0.29) is 21.9 Å². The SMILES string of the molecule is CCC1C(=O)Nc2ccc(Cl)cc2N1S(=O)(=O)c1ccsc1C(=O)OC. The van der Waals surface area contributed by atoms with Gasteiger partial charge in [-0.2, -0.15) is 0 Å². The van der Waals surface area contributed by atoms with Crippen molar-refractivity contribution in [1.82, 2.24) is 0 Å². The third-order valence-corrected chi connectivity index (χ3v) is 7.09. The Morgan fingerprint density at radius 3 is 2.77 bits per heavy atom. The first kappa shape index (κ1) is 18.7. The van der Waals surface area contributed by atoms with Gasteiger partial charge in [0.1, 0.15) is 15.8 Å². The molecule has 7 nitrogen and oxygen atoms in total. The summed E-state index contributed by atoms with van der Waals surface area (Å²) in [7, 11) is -3.03. The van der Waals surface area contributed by atoms with Gasteiger partial charge >= 0.3 is 5.97 Å². The van der Waals surface area contributed by atoms with E-state index >= 15 is 0 Å². The van der Waals surface area contributed by atoms with Crippen LogP contribution in [0.2, 0.25) is 5.02 Å². The number of halogens is 1. The zero-order chi connectivity index (χ0) is 19.1. The number of rotatable bonds is 4. The van der Waals surface area contributed by atoms with Crippen LogP contribution in [-0.4, -0.2) is 33.4 Å². The molecule has 1 unspecified atom stereocenters. The van der Waals surface area contributed by atoms with Gasteiger partial charge in [-0.15, -0.1) is 11.3 Å². The Bertz CT molecular complexity index is 986. The third kappa shape index (κ3) is 2.95. The van der Waals surface area contributed by atoms with E-state index in [4.69, 9.17) is 11.6 Å². The van der Waals surface area contributed by atoms with Crippen LogP contribution in [0.1, 0.15) is 23.0 Å². The molecular formula is C16H15ClN2O5S2. The number of thiophene rings is 1. The standard InChI is InChI=1S/C16H15ClN2O5S2/c1-3-11-15(20)18-10-5-4-9(17)8-12(10)19(11)26(22,23)13-6-7-25-14(13)16(21)24-2/h4-8,11H,3H2,1-2H3,(H,18,20). The molecule has 1 aromatic heterocycles. The molecule has 0 aliphatic carbocycles. The predicted octanol–water partition coefficient (Wildman–Crippen LogP) is 3.11. The van der Waals surface area contributed by atoms with Gasteiger partial charge in [0.25, 0.3) is 10.0 Å². The highest BCUT2D eigenvalue weighted by molar-refractivity contribution is 7.93. The number of carbonyl (C=O) groups is 2. The minimum atomic E-state index is -4.21. The van der Waals surface area contributed by atoms with Gasteiger partial charge < -0.3 is 10.1 Å². The average molecular weight is 415 g/mol. The summed E-state index contributed by atoms with van der Waals surface area (Å²) in [4.78, 5) is 24.1. The zero-order valence-electron chi connectivity index (χ0n) is 13.9. The van der Waals surface area contributed by atoms with Crippen LogP contribution in [0, 0.1) is 0 Å². The van der Waals surface area contributed by atoms with E-state index in [1.54, 1.807) is 19.1 Å². The van der Waals surface area contributed by atoms with Gasteiger partial charge in [0, 0.05) is 5.02 Å². The summed E-state index contributed by atoms with van der Waals surface area (Å²) in [5.41, 5.74) is 0.591. The molecule has 1 atom stereocenters. The molecule has 0 fully saturated rings. The highest BCUT2D eigenvalue weighted by Gasteiger charge is 2.42. The lowest BCUT2D eigenvalue weighted by Gasteiger charge is -2.36. The van der Waals surface area contributed by atoms with Gasteiger partial charge in [-0.1, -0.05) is 18.5 Å². The van der Waals surface area contributed by atoms with Crippen LogP contribution in [-0.2, 0) is 19.6 Å². The summed E-state index contributed by atoms with van der Waals surface area (Å²) < 4.78 is 32.5. The molecule has 2 aromatic rings. The first-order valence-electron chi connectivity index (χ1n) is 7.62. The molecule has 1 N–H and O–H groups in total. The average Bonchev–Trinajstić information content (AvgIpc) is 3.10. The lowest BCUT2D eigenvalue weighted by molar-refractivity contribution is -0.117. The zero-order valence-corrected chi connectivity index (χ0v) is 16.2. The number of methoxy groups -OCH3 is 1. The van der Waals surface area contributed by atoms with E-state index in [9.17, 15) is 18.0 Å². The predicted molar refractivity (Wildman–Crippen MR) is 99.5 cm³/mol. The van der Waals surface area contributed by atoms with Crippen molar-refractivity contribution in [3.8, 4) is 0 Å². The summed E-state index contributed by atoms with van der Waals surface area (Å²) in [6.07, 6.45) is 0.245. The fourth-order valence-electron chi connectivity index (χ4n) is 2.78. The minimum Gasteiger partial charge on any atom is -0.465 e. The normalized spacial score (nSPS) is 16.8. The number of hydrogen-bond acceptors (Lipinski definition) is 6. The highest BCUT2D eigenvalue weighted by atomic mass is 35.5. The number of hydrogen-bond donors (Lipinski definition) is 1. The van der Waals surface area contributed by atoms with E-state index in [1.165, 1.54) is 24.6 Å². The lowest BCUT2D eigenvalue weighted by atomic mass is 10.1. The Labute approximate surface area is 159 Å². The van der Waals surface area contributed by atoms with E-state index in [0.29, 0.717) is 10.7 Å². The second-order valence-electron chi connectivity index (χ2n) is 5.48. The molecule has 1 aliphatic heterocycles. The molecule has 1 amide bonds. The molecule has 0 saturated carbocycles. The third-order valence-electron chi connectivity index (χ3n) is 3.96. The Balaban J connectivity index is 2.23. The Morgan fingerprint density at radius 1 is 1.38 bits per heavy atom. The molecular weight excluding hydrogens is 400 g/mol. The Hall–Kier alpha value is -2.10. The Kier molecular flexibility index (Phi) is 4.96. The van der Waals surface area contributed by atoms with Gasteiger partial charge in [0.2, 0.25) is 5.91 Å². The second-order valence-corrected chi connectivity index (χ2v) is 8.62. The number of sulfonamides is 1. The van der Waals surface area contributed by atoms with Crippen molar-refractivity contribution >= 4 is 56.2 Å². The smallest absolute Gasteiger partial charge is 0.349 e. The molecule has 0 spiro atoms. The quantitative estimate of drug-likeness (QED) is 0.776. The summed E-state index contributed by atoms with van der Waals surface area (Å²) in [6, 6.07) is 4.94. The number of nitrogens with one attached hydrogen (secondary N) is 1. The molecule has 138 valence electrons.